The highest BCUT2D eigenvalue weighted by Crippen LogP contribution is 2.14. The molecule has 0 aliphatic carbocycles. The molecule has 0 spiro atoms. The van der Waals surface area contributed by atoms with Gasteiger partial charge in [-0.15, -0.1) is 0 Å². The van der Waals surface area contributed by atoms with Gasteiger partial charge < -0.3 is 0 Å². The number of unbranched alkanes of at least 4 members (excludes halogenated alkanes) is 5. The maximum atomic E-state index is 2.40. The van der Waals surface area contributed by atoms with Gasteiger partial charge in [-0.3, -0.25) is 0 Å². The fraction of sp³-hybridized carbons (Fsp3) is 0.700. The Morgan fingerprint density at radius 1 is 0.750 bits per heavy atom. The minimum Gasteiger partial charge on any atom is -0.0654 e. The zero-order valence-corrected chi connectivity index (χ0v) is 14.6. The van der Waals surface area contributed by atoms with E-state index in [0.29, 0.717) is 0 Å². The Hall–Kier alpha value is -0.780. The molecule has 20 heavy (non-hydrogen) atoms. The second kappa shape index (κ2) is 13.2. The van der Waals surface area contributed by atoms with E-state index in [-0.39, 0.29) is 0 Å². The number of benzene rings is 1. The predicted molar refractivity (Wildman–Crippen MR) is 93.6 cm³/mol. The van der Waals surface area contributed by atoms with Crippen molar-refractivity contribution in [1.29, 1.82) is 0 Å². The first-order valence-electron chi connectivity index (χ1n) is 8.77. The molecule has 0 radical (unpaired) electrons. The monoisotopic (exact) mass is 276 g/mol. The van der Waals surface area contributed by atoms with E-state index in [2.05, 4.69) is 52.8 Å². The van der Waals surface area contributed by atoms with Gasteiger partial charge in [-0.1, -0.05) is 84.4 Å². The molecule has 0 fully saturated rings. The Balaban J connectivity index is 0.000000796. The van der Waals surface area contributed by atoms with Gasteiger partial charge in [-0.25, -0.2) is 0 Å². The van der Waals surface area contributed by atoms with Gasteiger partial charge >= 0.3 is 0 Å². The van der Waals surface area contributed by atoms with Crippen molar-refractivity contribution in [3.05, 3.63) is 34.9 Å². The van der Waals surface area contributed by atoms with Crippen LogP contribution in [0.3, 0.4) is 0 Å². The third-order valence-corrected chi connectivity index (χ3v) is 3.86. The van der Waals surface area contributed by atoms with E-state index in [1.54, 1.807) is 0 Å². The van der Waals surface area contributed by atoms with Crippen LogP contribution in [-0.4, -0.2) is 0 Å². The molecule has 0 saturated heterocycles. The highest BCUT2D eigenvalue weighted by Gasteiger charge is 1.98. The molecule has 0 saturated carbocycles. The van der Waals surface area contributed by atoms with Crippen LogP contribution in [0.2, 0.25) is 0 Å². The summed E-state index contributed by atoms with van der Waals surface area (Å²) in [5, 5.41) is 0. The third kappa shape index (κ3) is 9.18. The molecule has 0 aliphatic rings. The van der Waals surface area contributed by atoms with Crippen molar-refractivity contribution in [2.24, 2.45) is 0 Å². The van der Waals surface area contributed by atoms with Crippen molar-refractivity contribution < 1.29 is 0 Å². The summed E-state index contributed by atoms with van der Waals surface area (Å²) in [6, 6.07) is 6.98. The van der Waals surface area contributed by atoms with Crippen molar-refractivity contribution in [3.8, 4) is 0 Å². The second-order valence-corrected chi connectivity index (χ2v) is 5.78. The smallest absolute Gasteiger partial charge is 0.0279 e. The topological polar surface area (TPSA) is 0 Å². The standard InChI is InChI=1S/C16H26.C4H10/c1-4-6-7-8-9-10-15-12-11-14(3)16(5-2)13-15;1-3-4-2/h11-13H,4-10H2,1-3H3;3-4H2,1-2H3. The van der Waals surface area contributed by atoms with Crippen LogP contribution in [-0.2, 0) is 12.8 Å². The van der Waals surface area contributed by atoms with Crippen LogP contribution >= 0.6 is 0 Å². The van der Waals surface area contributed by atoms with Gasteiger partial charge in [0, 0.05) is 0 Å². The van der Waals surface area contributed by atoms with Crippen LogP contribution in [0.25, 0.3) is 0 Å². The number of rotatable bonds is 8. The summed E-state index contributed by atoms with van der Waals surface area (Å²) < 4.78 is 0. The van der Waals surface area contributed by atoms with Crippen molar-refractivity contribution in [2.75, 3.05) is 0 Å². The van der Waals surface area contributed by atoms with E-state index in [1.807, 2.05) is 0 Å². The molecule has 0 bridgehead atoms. The SMILES string of the molecule is CCCC.CCCCCCCc1ccc(C)c(CC)c1. The van der Waals surface area contributed by atoms with Gasteiger partial charge in [0.15, 0.2) is 0 Å². The normalized spacial score (nSPS) is 10.1. The molecule has 0 atom stereocenters. The first-order valence-corrected chi connectivity index (χ1v) is 8.77. The molecule has 1 aromatic carbocycles. The largest absolute Gasteiger partial charge is 0.0654 e. The summed E-state index contributed by atoms with van der Waals surface area (Å²) in [6.45, 7) is 11.1. The molecule has 0 heteroatoms. The van der Waals surface area contributed by atoms with Gasteiger partial charge in [0.2, 0.25) is 0 Å². The molecule has 0 aromatic heterocycles. The Labute approximate surface area is 128 Å². The minimum atomic E-state index is 1.16. The molecule has 1 rings (SSSR count). The summed E-state index contributed by atoms with van der Waals surface area (Å²) in [4.78, 5) is 0. The zero-order valence-electron chi connectivity index (χ0n) is 14.6. The minimum absolute atomic E-state index is 1.16. The van der Waals surface area contributed by atoms with Gasteiger partial charge in [0.05, 0.1) is 0 Å². The Morgan fingerprint density at radius 2 is 1.40 bits per heavy atom. The fourth-order valence-corrected chi connectivity index (χ4v) is 2.19. The Kier molecular flexibility index (Phi) is 12.7. The quantitative estimate of drug-likeness (QED) is 0.454. The molecular weight excluding hydrogens is 240 g/mol. The van der Waals surface area contributed by atoms with Gasteiger partial charge in [-0.05, 0) is 42.9 Å². The van der Waals surface area contributed by atoms with Crippen LogP contribution in [0.1, 0.15) is 89.3 Å². The summed E-state index contributed by atoms with van der Waals surface area (Å²) in [5.41, 5.74) is 4.49. The predicted octanol–water partition coefficient (Wildman–Crippen LogP) is 6.88. The molecule has 1 aromatic rings. The van der Waals surface area contributed by atoms with Crippen LogP contribution < -0.4 is 0 Å². The summed E-state index contributed by atoms with van der Waals surface area (Å²) >= 11 is 0. The van der Waals surface area contributed by atoms with Crippen LogP contribution in [0.5, 0.6) is 0 Å². The summed E-state index contributed by atoms with van der Waals surface area (Å²) in [5.74, 6) is 0. The molecular formula is C20H36. The fourth-order valence-electron chi connectivity index (χ4n) is 2.19. The molecule has 0 unspecified atom stereocenters. The average Bonchev–Trinajstić information content (AvgIpc) is 2.49. The maximum absolute atomic E-state index is 2.40. The molecule has 0 nitrogen and oxygen atoms in total. The number of aryl methyl sites for hydroxylation is 3. The van der Waals surface area contributed by atoms with E-state index in [4.69, 9.17) is 0 Å². The van der Waals surface area contributed by atoms with E-state index >= 15 is 0 Å². The van der Waals surface area contributed by atoms with Crippen LogP contribution in [0.4, 0.5) is 0 Å². The Morgan fingerprint density at radius 3 is 1.95 bits per heavy atom. The molecule has 0 N–H and O–H groups in total. The van der Waals surface area contributed by atoms with Gasteiger partial charge in [-0.2, -0.15) is 0 Å². The Bertz CT molecular complexity index is 323. The van der Waals surface area contributed by atoms with E-state index in [9.17, 15) is 0 Å². The number of hydrogen-bond acceptors (Lipinski definition) is 0. The lowest BCUT2D eigenvalue weighted by atomic mass is 9.99. The van der Waals surface area contributed by atoms with Gasteiger partial charge in [0.1, 0.15) is 0 Å². The lowest BCUT2D eigenvalue weighted by Gasteiger charge is -2.07. The first-order chi connectivity index (χ1) is 9.69. The highest BCUT2D eigenvalue weighted by molar-refractivity contribution is 5.31. The zero-order chi connectivity index (χ0) is 15.2. The summed E-state index contributed by atoms with van der Waals surface area (Å²) in [7, 11) is 0. The molecule has 116 valence electrons. The van der Waals surface area contributed by atoms with Crippen molar-refractivity contribution >= 4 is 0 Å². The van der Waals surface area contributed by atoms with Crippen LogP contribution in [0, 0.1) is 6.92 Å². The van der Waals surface area contributed by atoms with Crippen molar-refractivity contribution in [1.82, 2.24) is 0 Å². The molecule has 0 heterocycles. The maximum Gasteiger partial charge on any atom is -0.0279 e. The van der Waals surface area contributed by atoms with E-state index in [1.165, 1.54) is 68.1 Å². The molecule has 0 amide bonds. The average molecular weight is 277 g/mol. The van der Waals surface area contributed by atoms with Crippen LogP contribution in [0.15, 0.2) is 18.2 Å². The summed E-state index contributed by atoms with van der Waals surface area (Å²) in [6.07, 6.45) is 11.9. The van der Waals surface area contributed by atoms with E-state index < -0.39 is 0 Å². The molecule has 0 aliphatic heterocycles. The second-order valence-electron chi connectivity index (χ2n) is 5.78. The van der Waals surface area contributed by atoms with Gasteiger partial charge in [0.25, 0.3) is 0 Å². The lowest BCUT2D eigenvalue weighted by molar-refractivity contribution is 0.632. The first kappa shape index (κ1) is 19.2. The van der Waals surface area contributed by atoms with Crippen molar-refractivity contribution in [3.63, 3.8) is 0 Å². The van der Waals surface area contributed by atoms with E-state index in [0.717, 1.165) is 6.42 Å². The number of hydrogen-bond donors (Lipinski definition) is 0. The highest BCUT2D eigenvalue weighted by atomic mass is 14.0. The third-order valence-electron chi connectivity index (χ3n) is 3.86. The lowest BCUT2D eigenvalue weighted by Crippen LogP contribution is -1.91. The van der Waals surface area contributed by atoms with Crippen molar-refractivity contribution in [2.45, 2.75) is 92.4 Å².